The minimum Gasteiger partial charge on any atom is -0.459 e. The van der Waals surface area contributed by atoms with Crippen LogP contribution in [0.5, 0.6) is 0 Å². The molecule has 8 nitrogen and oxygen atoms in total. The molecule has 2 N–H and O–H groups in total. The maximum atomic E-state index is 12.3. The number of benzene rings is 1. The second-order valence-corrected chi connectivity index (χ2v) is 9.07. The van der Waals surface area contributed by atoms with Crippen molar-refractivity contribution in [3.63, 3.8) is 0 Å². The fourth-order valence-electron chi connectivity index (χ4n) is 1.97. The van der Waals surface area contributed by atoms with Gasteiger partial charge in [0, 0.05) is 17.8 Å². The van der Waals surface area contributed by atoms with Gasteiger partial charge in [-0.1, -0.05) is 24.3 Å². The Bertz CT molecular complexity index is 699. The Kier molecular flexibility index (Phi) is 9.33. The molecule has 2 atom stereocenters. The number of anilines is 1. The van der Waals surface area contributed by atoms with Gasteiger partial charge in [0.2, 0.25) is 0 Å². The summed E-state index contributed by atoms with van der Waals surface area (Å²) >= 11 is 0. The molecule has 0 heterocycles. The SMILES string of the molecule is C=C(C)C(=O)OCC(CNc1ccc(C)cc1)OP(=O)(O)OCC[N+](C)(C)C. The van der Waals surface area contributed by atoms with E-state index in [4.69, 9.17) is 13.8 Å². The fourth-order valence-corrected chi connectivity index (χ4v) is 2.86. The van der Waals surface area contributed by atoms with E-state index in [0.717, 1.165) is 11.3 Å². The molecule has 0 aliphatic heterocycles. The van der Waals surface area contributed by atoms with E-state index in [-0.39, 0.29) is 25.3 Å². The Hall–Kier alpha value is -1.70. The summed E-state index contributed by atoms with van der Waals surface area (Å²) in [7, 11) is 1.52. The van der Waals surface area contributed by atoms with Crippen molar-refractivity contribution in [3.05, 3.63) is 42.0 Å². The number of carbonyl (C=O) groups excluding carboxylic acids is 1. The summed E-state index contributed by atoms with van der Waals surface area (Å²) in [6, 6.07) is 7.62. The third-order valence-electron chi connectivity index (χ3n) is 3.63. The molecule has 0 aliphatic rings. The van der Waals surface area contributed by atoms with Gasteiger partial charge in [-0.3, -0.25) is 9.05 Å². The quantitative estimate of drug-likeness (QED) is 0.235. The summed E-state index contributed by atoms with van der Waals surface area (Å²) in [5.74, 6) is -0.595. The third-order valence-corrected chi connectivity index (χ3v) is 4.71. The average molecular weight is 415 g/mol. The molecule has 158 valence electrons. The molecule has 28 heavy (non-hydrogen) atoms. The first-order valence-corrected chi connectivity index (χ1v) is 10.5. The van der Waals surface area contributed by atoms with Gasteiger partial charge in [0.25, 0.3) is 0 Å². The number of nitrogens with zero attached hydrogens (tertiary/aromatic N) is 1. The number of phosphoric ester groups is 1. The van der Waals surface area contributed by atoms with E-state index in [0.29, 0.717) is 11.0 Å². The van der Waals surface area contributed by atoms with Gasteiger partial charge in [0.15, 0.2) is 0 Å². The van der Waals surface area contributed by atoms with E-state index >= 15 is 0 Å². The van der Waals surface area contributed by atoms with Gasteiger partial charge in [-0.05, 0) is 26.0 Å². The van der Waals surface area contributed by atoms with Crippen LogP contribution in [-0.2, 0) is 23.1 Å². The van der Waals surface area contributed by atoms with Crippen LogP contribution in [0.2, 0.25) is 0 Å². The number of aryl methyl sites for hydroxylation is 1. The number of hydrogen-bond donors (Lipinski definition) is 2. The summed E-state index contributed by atoms with van der Waals surface area (Å²) in [6.45, 7) is 7.53. The van der Waals surface area contributed by atoms with E-state index in [9.17, 15) is 14.3 Å². The molecule has 0 spiro atoms. The lowest BCUT2D eigenvalue weighted by molar-refractivity contribution is -0.870. The first-order valence-electron chi connectivity index (χ1n) is 8.97. The van der Waals surface area contributed by atoms with Crippen LogP contribution in [0.25, 0.3) is 0 Å². The van der Waals surface area contributed by atoms with Gasteiger partial charge < -0.3 is 19.4 Å². The monoisotopic (exact) mass is 415 g/mol. The lowest BCUT2D eigenvalue weighted by atomic mass is 10.2. The molecule has 1 aromatic rings. The van der Waals surface area contributed by atoms with Crippen molar-refractivity contribution in [2.24, 2.45) is 0 Å². The maximum Gasteiger partial charge on any atom is 0.472 e. The normalized spacial score (nSPS) is 14.8. The number of carbonyl (C=O) groups is 1. The predicted molar refractivity (Wildman–Crippen MR) is 109 cm³/mol. The molecule has 1 rings (SSSR count). The zero-order valence-corrected chi connectivity index (χ0v) is 18.2. The van der Waals surface area contributed by atoms with Gasteiger partial charge in [0.05, 0.1) is 21.1 Å². The van der Waals surface area contributed by atoms with Crippen molar-refractivity contribution in [2.45, 2.75) is 20.0 Å². The van der Waals surface area contributed by atoms with Crippen LogP contribution >= 0.6 is 7.82 Å². The Balaban J connectivity index is 2.69. The standard InChI is InChI=1S/C19H31N2O6P/c1-15(2)19(22)25-14-18(13-20-17-9-7-16(3)8-10-17)27-28(23,24)26-12-11-21(4,5)6/h7-10,18,20H,1,11-14H2,2-6H3/p+1. The molecule has 0 aliphatic carbocycles. The highest BCUT2D eigenvalue weighted by molar-refractivity contribution is 7.47. The summed E-state index contributed by atoms with van der Waals surface area (Å²) in [5, 5.41) is 3.10. The molecular weight excluding hydrogens is 383 g/mol. The van der Waals surface area contributed by atoms with E-state index < -0.39 is 19.9 Å². The highest BCUT2D eigenvalue weighted by Crippen LogP contribution is 2.44. The third kappa shape index (κ3) is 10.6. The van der Waals surface area contributed by atoms with Crippen LogP contribution in [0.3, 0.4) is 0 Å². The molecule has 0 bridgehead atoms. The molecule has 0 radical (unpaired) electrons. The van der Waals surface area contributed by atoms with Crippen LogP contribution in [0.4, 0.5) is 5.69 Å². The van der Waals surface area contributed by atoms with Crippen LogP contribution < -0.4 is 5.32 Å². The Labute approximate surface area is 167 Å². The van der Waals surface area contributed by atoms with Gasteiger partial charge >= 0.3 is 13.8 Å². The first-order chi connectivity index (χ1) is 12.9. The van der Waals surface area contributed by atoms with Crippen molar-refractivity contribution >= 4 is 19.5 Å². The number of likely N-dealkylation sites (N-methyl/N-ethyl adjacent to an activating group) is 1. The topological polar surface area (TPSA) is 94.1 Å². The molecule has 0 fully saturated rings. The largest absolute Gasteiger partial charge is 0.472 e. The second-order valence-electron chi connectivity index (χ2n) is 7.67. The van der Waals surface area contributed by atoms with E-state index in [2.05, 4.69) is 11.9 Å². The van der Waals surface area contributed by atoms with Crippen LogP contribution in [0.15, 0.2) is 36.4 Å². The first kappa shape index (κ1) is 24.3. The van der Waals surface area contributed by atoms with E-state index in [1.54, 1.807) is 0 Å². The van der Waals surface area contributed by atoms with Crippen LogP contribution in [-0.4, -0.2) is 68.9 Å². The van der Waals surface area contributed by atoms with Gasteiger partial charge in [0.1, 0.15) is 25.9 Å². The number of esters is 1. The van der Waals surface area contributed by atoms with Crippen LogP contribution in [0, 0.1) is 6.92 Å². The highest BCUT2D eigenvalue weighted by atomic mass is 31.2. The number of nitrogens with one attached hydrogen (secondary N) is 1. The molecular formula is C19H32N2O6P+. The van der Waals surface area contributed by atoms with Crippen molar-refractivity contribution in [1.82, 2.24) is 0 Å². The molecule has 0 amide bonds. The van der Waals surface area contributed by atoms with Crippen molar-refractivity contribution < 1.29 is 32.5 Å². The zero-order chi connectivity index (χ0) is 21.4. The maximum absolute atomic E-state index is 12.3. The Morgan fingerprint density at radius 3 is 2.43 bits per heavy atom. The fraction of sp³-hybridized carbons (Fsp3) is 0.526. The summed E-state index contributed by atoms with van der Waals surface area (Å²) in [4.78, 5) is 21.7. The number of quaternary nitrogens is 1. The van der Waals surface area contributed by atoms with Crippen molar-refractivity contribution in [3.8, 4) is 0 Å². The lowest BCUT2D eigenvalue weighted by Gasteiger charge is -2.25. The van der Waals surface area contributed by atoms with Gasteiger partial charge in [-0.2, -0.15) is 0 Å². The van der Waals surface area contributed by atoms with Crippen LogP contribution in [0.1, 0.15) is 12.5 Å². The summed E-state index contributed by atoms with van der Waals surface area (Å²) < 4.78 is 28.2. The van der Waals surface area contributed by atoms with E-state index in [1.807, 2.05) is 52.3 Å². The molecule has 0 aromatic heterocycles. The highest BCUT2D eigenvalue weighted by Gasteiger charge is 2.28. The molecule has 9 heteroatoms. The Morgan fingerprint density at radius 1 is 1.29 bits per heavy atom. The minimum absolute atomic E-state index is 0.0565. The molecule has 2 unspecified atom stereocenters. The van der Waals surface area contributed by atoms with Gasteiger partial charge in [-0.15, -0.1) is 0 Å². The summed E-state index contributed by atoms with van der Waals surface area (Å²) in [5.41, 5.74) is 2.15. The number of ether oxygens (including phenoxy) is 1. The minimum atomic E-state index is -4.31. The second kappa shape index (κ2) is 10.7. The van der Waals surface area contributed by atoms with Gasteiger partial charge in [-0.25, -0.2) is 9.36 Å². The zero-order valence-electron chi connectivity index (χ0n) is 17.3. The average Bonchev–Trinajstić information content (AvgIpc) is 2.56. The Morgan fingerprint density at radius 2 is 1.89 bits per heavy atom. The van der Waals surface area contributed by atoms with E-state index in [1.165, 1.54) is 6.92 Å². The molecule has 1 aromatic carbocycles. The molecule has 0 saturated heterocycles. The summed E-state index contributed by atoms with van der Waals surface area (Å²) in [6.07, 6.45) is -0.885. The molecule has 0 saturated carbocycles. The number of phosphoric acid groups is 1. The lowest BCUT2D eigenvalue weighted by Crippen LogP contribution is -2.37. The van der Waals surface area contributed by atoms with Crippen molar-refractivity contribution in [2.75, 3.05) is 52.8 Å². The number of hydrogen-bond acceptors (Lipinski definition) is 6. The predicted octanol–water partition coefficient (Wildman–Crippen LogP) is 2.73. The number of rotatable bonds is 12. The smallest absolute Gasteiger partial charge is 0.459 e. The van der Waals surface area contributed by atoms with Crippen molar-refractivity contribution in [1.29, 1.82) is 0 Å².